The Morgan fingerprint density at radius 2 is 2.05 bits per heavy atom. The van der Waals surface area contributed by atoms with E-state index in [-0.39, 0.29) is 5.97 Å². The number of carbonyl (C=O) groups excluding carboxylic acids is 1. The molecule has 0 fully saturated rings. The van der Waals surface area contributed by atoms with E-state index in [0.29, 0.717) is 17.4 Å². The van der Waals surface area contributed by atoms with E-state index >= 15 is 0 Å². The van der Waals surface area contributed by atoms with Crippen LogP contribution in [-0.4, -0.2) is 17.6 Å². The van der Waals surface area contributed by atoms with Crippen molar-refractivity contribution in [1.29, 1.82) is 0 Å². The number of hydrogen-bond donors (Lipinski definition) is 1. The zero-order valence-electron chi connectivity index (χ0n) is 11.7. The van der Waals surface area contributed by atoms with Crippen molar-refractivity contribution in [3.63, 3.8) is 0 Å². The van der Waals surface area contributed by atoms with Crippen LogP contribution in [0, 0.1) is 0 Å². The maximum atomic E-state index is 11.5. The van der Waals surface area contributed by atoms with Gasteiger partial charge in [0.1, 0.15) is 0 Å². The van der Waals surface area contributed by atoms with Crippen LogP contribution in [0.3, 0.4) is 0 Å². The van der Waals surface area contributed by atoms with Gasteiger partial charge in [0.15, 0.2) is 10.8 Å². The molecule has 20 heavy (non-hydrogen) atoms. The fourth-order valence-corrected chi connectivity index (χ4v) is 2.50. The summed E-state index contributed by atoms with van der Waals surface area (Å²) in [6.45, 7) is 4.30. The Kier molecular flexibility index (Phi) is 5.12. The molecule has 0 bridgehead atoms. The van der Waals surface area contributed by atoms with Gasteiger partial charge in [-0.05, 0) is 31.0 Å². The van der Waals surface area contributed by atoms with E-state index in [4.69, 9.17) is 4.74 Å². The van der Waals surface area contributed by atoms with Crippen molar-refractivity contribution in [3.05, 3.63) is 40.9 Å². The van der Waals surface area contributed by atoms with Crippen LogP contribution in [0.25, 0.3) is 0 Å². The van der Waals surface area contributed by atoms with E-state index in [1.807, 2.05) is 12.1 Å². The van der Waals surface area contributed by atoms with Crippen LogP contribution in [0.1, 0.15) is 36.3 Å². The number of aromatic nitrogens is 1. The van der Waals surface area contributed by atoms with Gasteiger partial charge in [-0.3, -0.25) is 0 Å². The van der Waals surface area contributed by atoms with E-state index < -0.39 is 0 Å². The van der Waals surface area contributed by atoms with Gasteiger partial charge in [-0.15, -0.1) is 11.3 Å². The lowest BCUT2D eigenvalue weighted by molar-refractivity contribution is 0.0520. The lowest BCUT2D eigenvalue weighted by Crippen LogP contribution is -2.04. The number of nitrogens with zero attached hydrogens (tertiary/aromatic N) is 1. The van der Waals surface area contributed by atoms with Crippen molar-refractivity contribution in [2.45, 2.75) is 26.7 Å². The molecule has 5 heteroatoms. The maximum absolute atomic E-state index is 11.5. The highest BCUT2D eigenvalue weighted by Gasteiger charge is 2.11. The lowest BCUT2D eigenvalue weighted by Gasteiger charge is -2.04. The average Bonchev–Trinajstić information content (AvgIpc) is 2.90. The fraction of sp³-hybridized carbons (Fsp3) is 0.333. The Morgan fingerprint density at radius 3 is 2.70 bits per heavy atom. The van der Waals surface area contributed by atoms with Gasteiger partial charge in [-0.25, -0.2) is 9.78 Å². The molecular formula is C15H18N2O2S. The van der Waals surface area contributed by atoms with E-state index in [1.54, 1.807) is 12.3 Å². The highest BCUT2D eigenvalue weighted by atomic mass is 32.1. The molecule has 2 aromatic rings. The molecule has 0 spiro atoms. The molecule has 1 aromatic heterocycles. The van der Waals surface area contributed by atoms with E-state index in [0.717, 1.165) is 18.5 Å². The zero-order valence-corrected chi connectivity index (χ0v) is 12.5. The predicted molar refractivity (Wildman–Crippen MR) is 81.8 cm³/mol. The van der Waals surface area contributed by atoms with Gasteiger partial charge in [0.05, 0.1) is 6.61 Å². The normalized spacial score (nSPS) is 10.3. The third-order valence-electron chi connectivity index (χ3n) is 2.73. The minimum absolute atomic E-state index is 0.349. The Hall–Kier alpha value is -1.88. The van der Waals surface area contributed by atoms with Crippen molar-refractivity contribution in [3.8, 4) is 0 Å². The Labute approximate surface area is 122 Å². The molecule has 1 heterocycles. The molecule has 1 N–H and O–H groups in total. The lowest BCUT2D eigenvalue weighted by atomic mass is 10.1. The standard InChI is InChI=1S/C15H18N2O2S/c1-3-5-11-6-8-12(9-7-11)16-15-17-13(10-20-15)14(18)19-4-2/h6-10H,3-5H2,1-2H3,(H,16,17). The van der Waals surface area contributed by atoms with E-state index in [9.17, 15) is 4.79 Å². The highest BCUT2D eigenvalue weighted by molar-refractivity contribution is 7.14. The van der Waals surface area contributed by atoms with Crippen molar-refractivity contribution in [1.82, 2.24) is 4.98 Å². The van der Waals surface area contributed by atoms with E-state index in [2.05, 4.69) is 29.4 Å². The first kappa shape index (κ1) is 14.5. The van der Waals surface area contributed by atoms with Gasteiger partial charge in [-0.1, -0.05) is 25.5 Å². The van der Waals surface area contributed by atoms with Crippen LogP contribution in [0.15, 0.2) is 29.6 Å². The van der Waals surface area contributed by atoms with E-state index in [1.165, 1.54) is 16.9 Å². The number of anilines is 2. The minimum atomic E-state index is -0.380. The van der Waals surface area contributed by atoms with Gasteiger partial charge >= 0.3 is 5.97 Å². The summed E-state index contributed by atoms with van der Waals surface area (Å²) in [7, 11) is 0. The number of benzene rings is 1. The highest BCUT2D eigenvalue weighted by Crippen LogP contribution is 2.21. The molecular weight excluding hydrogens is 272 g/mol. The summed E-state index contributed by atoms with van der Waals surface area (Å²) in [5.41, 5.74) is 2.64. The number of aryl methyl sites for hydroxylation is 1. The maximum Gasteiger partial charge on any atom is 0.357 e. The third-order valence-corrected chi connectivity index (χ3v) is 3.49. The SMILES string of the molecule is CCCc1ccc(Nc2nc(C(=O)OCC)cs2)cc1. The summed E-state index contributed by atoms with van der Waals surface area (Å²) >= 11 is 1.39. The number of carbonyl (C=O) groups is 1. The molecule has 2 rings (SSSR count). The summed E-state index contributed by atoms with van der Waals surface area (Å²) in [6, 6.07) is 8.25. The largest absolute Gasteiger partial charge is 0.461 e. The molecule has 1 aromatic carbocycles. The number of thiazole rings is 1. The van der Waals surface area contributed by atoms with Crippen molar-refractivity contribution >= 4 is 28.1 Å². The number of esters is 1. The molecule has 0 radical (unpaired) electrons. The summed E-state index contributed by atoms with van der Waals surface area (Å²) in [6.07, 6.45) is 2.23. The molecule has 0 aliphatic carbocycles. The van der Waals surface area contributed by atoms with Gasteiger partial charge in [0, 0.05) is 11.1 Å². The second-order valence-corrected chi connectivity index (χ2v) is 5.19. The van der Waals surface area contributed by atoms with Crippen molar-refractivity contribution in [2.24, 2.45) is 0 Å². The first-order chi connectivity index (χ1) is 9.72. The minimum Gasteiger partial charge on any atom is -0.461 e. The molecule has 4 nitrogen and oxygen atoms in total. The number of ether oxygens (including phenoxy) is 1. The molecule has 0 saturated carbocycles. The molecule has 0 atom stereocenters. The van der Waals surface area contributed by atoms with Crippen LogP contribution in [-0.2, 0) is 11.2 Å². The first-order valence-corrected chi connectivity index (χ1v) is 7.59. The van der Waals surface area contributed by atoms with Crippen LogP contribution in [0.2, 0.25) is 0 Å². The zero-order chi connectivity index (χ0) is 14.4. The Morgan fingerprint density at radius 1 is 1.30 bits per heavy atom. The van der Waals surface area contributed by atoms with Gasteiger partial charge in [-0.2, -0.15) is 0 Å². The van der Waals surface area contributed by atoms with Crippen LogP contribution in [0.4, 0.5) is 10.8 Å². The molecule has 0 saturated heterocycles. The van der Waals surface area contributed by atoms with Crippen LogP contribution >= 0.6 is 11.3 Å². The Bertz CT molecular complexity index is 564. The van der Waals surface area contributed by atoms with Crippen molar-refractivity contribution < 1.29 is 9.53 Å². The molecule has 0 aliphatic rings. The van der Waals surface area contributed by atoms with Gasteiger partial charge in [0.25, 0.3) is 0 Å². The second-order valence-electron chi connectivity index (χ2n) is 4.33. The average molecular weight is 290 g/mol. The summed E-state index contributed by atoms with van der Waals surface area (Å²) in [5.74, 6) is -0.380. The first-order valence-electron chi connectivity index (χ1n) is 6.71. The monoisotopic (exact) mass is 290 g/mol. The molecule has 0 unspecified atom stereocenters. The van der Waals surface area contributed by atoms with Crippen LogP contribution in [0.5, 0.6) is 0 Å². The van der Waals surface area contributed by atoms with Crippen molar-refractivity contribution in [2.75, 3.05) is 11.9 Å². The predicted octanol–water partition coefficient (Wildman–Crippen LogP) is 4.02. The molecule has 106 valence electrons. The molecule has 0 aliphatic heterocycles. The summed E-state index contributed by atoms with van der Waals surface area (Å²) < 4.78 is 4.91. The van der Waals surface area contributed by atoms with Crippen LogP contribution < -0.4 is 5.32 Å². The van der Waals surface area contributed by atoms with Gasteiger partial charge < -0.3 is 10.1 Å². The summed E-state index contributed by atoms with van der Waals surface area (Å²) in [5, 5.41) is 5.58. The number of hydrogen-bond acceptors (Lipinski definition) is 5. The second kappa shape index (κ2) is 7.05. The Balaban J connectivity index is 2.01. The fourth-order valence-electron chi connectivity index (χ4n) is 1.80. The topological polar surface area (TPSA) is 51.2 Å². The smallest absolute Gasteiger partial charge is 0.357 e. The number of nitrogens with one attached hydrogen (secondary N) is 1. The van der Waals surface area contributed by atoms with Gasteiger partial charge in [0.2, 0.25) is 0 Å². The third kappa shape index (κ3) is 3.81. The number of rotatable bonds is 6. The molecule has 0 amide bonds. The quantitative estimate of drug-likeness (QED) is 0.816. The summed E-state index contributed by atoms with van der Waals surface area (Å²) in [4.78, 5) is 15.7.